The first-order valence-electron chi connectivity index (χ1n) is 10.7. The van der Waals surface area contributed by atoms with Crippen LogP contribution in [-0.4, -0.2) is 68.4 Å². The minimum Gasteiger partial charge on any atom is -0.468 e. The van der Waals surface area contributed by atoms with Crippen LogP contribution < -0.4 is 0 Å². The van der Waals surface area contributed by atoms with Gasteiger partial charge in [0, 0.05) is 6.42 Å². The van der Waals surface area contributed by atoms with Crippen molar-refractivity contribution in [1.29, 1.82) is 0 Å². The molecule has 1 spiro atoms. The normalized spacial score (nSPS) is 40.0. The molecule has 2 N–H and O–H groups in total. The zero-order valence-electron chi connectivity index (χ0n) is 18.9. The third-order valence-electron chi connectivity index (χ3n) is 7.86. The fraction of sp³-hybridized carbons (Fsp3) is 0.952. The molecule has 3 aliphatic rings. The van der Waals surface area contributed by atoms with Crippen LogP contribution in [0.1, 0.15) is 53.4 Å². The predicted molar refractivity (Wildman–Crippen MR) is 110 cm³/mol. The Morgan fingerprint density at radius 2 is 1.72 bits per heavy atom. The second kappa shape index (κ2) is 7.27. The Bertz CT molecular complexity index is 635. The maximum Gasteiger partial charge on any atom is 0.317 e. The third-order valence-corrected chi connectivity index (χ3v) is 12.3. The number of ether oxygens (including phenoxy) is 3. The molecule has 3 fully saturated rings. The average molecular weight is 431 g/mol. The second-order valence-corrected chi connectivity index (χ2v) is 15.4. The van der Waals surface area contributed by atoms with E-state index in [1.807, 2.05) is 0 Å². The summed E-state index contributed by atoms with van der Waals surface area (Å²) in [4.78, 5) is 13.4. The smallest absolute Gasteiger partial charge is 0.317 e. The van der Waals surface area contributed by atoms with E-state index in [-0.39, 0.29) is 5.04 Å². The number of aliphatic hydroxyl groups is 2. The molecule has 0 radical (unpaired) electrons. The fourth-order valence-corrected chi connectivity index (χ4v) is 6.88. The van der Waals surface area contributed by atoms with Crippen molar-refractivity contribution in [1.82, 2.24) is 0 Å². The highest BCUT2D eigenvalue weighted by Crippen LogP contribution is 2.62. The summed E-state index contributed by atoms with van der Waals surface area (Å²) in [5, 5.41) is 22.7. The first kappa shape index (κ1) is 23.2. The van der Waals surface area contributed by atoms with Crippen molar-refractivity contribution in [2.75, 3.05) is 20.3 Å². The number of carbonyl (C=O) groups excluding carboxylic acids is 1. The lowest BCUT2D eigenvalue weighted by Gasteiger charge is -2.62. The van der Waals surface area contributed by atoms with Crippen LogP contribution in [0.2, 0.25) is 18.1 Å². The standard InChI is InChI=1S/C21H38O7Si/c1-18(2,3)29(6,7)28-15-9-10-19(4,24)16-20(26-12-13-27-20)11-8-14(22)21(15,16)17(23)25-5/h14-16,22,24H,8-13H2,1-7H3/t14-,15+,16-,19+,21+/m0/s1. The molecule has 0 amide bonds. The summed E-state index contributed by atoms with van der Waals surface area (Å²) in [6.45, 7) is 13.2. The van der Waals surface area contributed by atoms with Crippen molar-refractivity contribution in [2.24, 2.45) is 11.3 Å². The van der Waals surface area contributed by atoms with Crippen LogP contribution >= 0.6 is 0 Å². The van der Waals surface area contributed by atoms with Gasteiger partial charge in [0.05, 0.1) is 44.1 Å². The van der Waals surface area contributed by atoms with E-state index >= 15 is 0 Å². The van der Waals surface area contributed by atoms with Crippen LogP contribution in [0.25, 0.3) is 0 Å². The summed E-state index contributed by atoms with van der Waals surface area (Å²) in [5.74, 6) is -2.46. The van der Waals surface area contributed by atoms with E-state index in [4.69, 9.17) is 18.6 Å². The number of hydrogen-bond donors (Lipinski definition) is 2. The molecule has 0 bridgehead atoms. The molecule has 1 saturated heterocycles. The lowest BCUT2D eigenvalue weighted by molar-refractivity contribution is -0.329. The topological polar surface area (TPSA) is 94.5 Å². The van der Waals surface area contributed by atoms with Gasteiger partial charge in [-0.05, 0) is 44.3 Å². The lowest BCUT2D eigenvalue weighted by atomic mass is 9.49. The van der Waals surface area contributed by atoms with Gasteiger partial charge in [0.15, 0.2) is 14.1 Å². The number of fused-ring (bicyclic) bond motifs is 2. The minimum atomic E-state index is -2.28. The van der Waals surface area contributed by atoms with Crippen molar-refractivity contribution < 1.29 is 33.6 Å². The minimum absolute atomic E-state index is 0.0720. The summed E-state index contributed by atoms with van der Waals surface area (Å²) >= 11 is 0. The molecule has 0 aromatic rings. The molecular formula is C21H38O7Si. The Morgan fingerprint density at radius 1 is 1.14 bits per heavy atom. The number of esters is 1. The Kier molecular flexibility index (Phi) is 5.81. The zero-order valence-corrected chi connectivity index (χ0v) is 19.9. The van der Waals surface area contributed by atoms with E-state index in [0.29, 0.717) is 38.9 Å². The molecular weight excluding hydrogens is 392 g/mol. The first-order valence-corrected chi connectivity index (χ1v) is 13.6. The molecule has 0 unspecified atom stereocenters. The summed E-state index contributed by atoms with van der Waals surface area (Å²) in [6.07, 6.45) is 0.0234. The molecule has 2 aliphatic carbocycles. The molecule has 29 heavy (non-hydrogen) atoms. The van der Waals surface area contributed by atoms with E-state index < -0.39 is 49.2 Å². The van der Waals surface area contributed by atoms with E-state index in [9.17, 15) is 15.0 Å². The molecule has 8 heteroatoms. The van der Waals surface area contributed by atoms with Crippen molar-refractivity contribution >= 4 is 14.3 Å². The molecule has 168 valence electrons. The predicted octanol–water partition coefficient (Wildman–Crippen LogP) is 2.59. The first-order chi connectivity index (χ1) is 13.2. The van der Waals surface area contributed by atoms with E-state index in [1.54, 1.807) is 6.92 Å². The Labute approximate surface area is 175 Å². The van der Waals surface area contributed by atoms with E-state index in [2.05, 4.69) is 33.9 Å². The molecule has 5 atom stereocenters. The molecule has 3 rings (SSSR count). The molecule has 0 aromatic carbocycles. The second-order valence-electron chi connectivity index (χ2n) is 10.7. The summed E-state index contributed by atoms with van der Waals surface area (Å²) < 4.78 is 24.1. The highest BCUT2D eigenvalue weighted by molar-refractivity contribution is 6.74. The van der Waals surface area contributed by atoms with Gasteiger partial charge in [-0.2, -0.15) is 0 Å². The van der Waals surface area contributed by atoms with Gasteiger partial charge in [0.2, 0.25) is 0 Å². The van der Waals surface area contributed by atoms with Gasteiger partial charge >= 0.3 is 5.97 Å². The van der Waals surface area contributed by atoms with Gasteiger partial charge in [-0.15, -0.1) is 0 Å². The Morgan fingerprint density at radius 3 is 2.24 bits per heavy atom. The molecule has 1 aliphatic heterocycles. The summed E-state index contributed by atoms with van der Waals surface area (Å²) in [7, 11) is -0.959. The largest absolute Gasteiger partial charge is 0.468 e. The van der Waals surface area contributed by atoms with E-state index in [0.717, 1.165) is 0 Å². The van der Waals surface area contributed by atoms with Gasteiger partial charge in [-0.1, -0.05) is 20.8 Å². The lowest BCUT2D eigenvalue weighted by Crippen LogP contribution is -2.75. The van der Waals surface area contributed by atoms with Gasteiger partial charge < -0.3 is 28.8 Å². The molecule has 0 aromatic heterocycles. The molecule has 2 saturated carbocycles. The van der Waals surface area contributed by atoms with Crippen LogP contribution in [0, 0.1) is 11.3 Å². The fourth-order valence-electron chi connectivity index (χ4n) is 5.51. The third kappa shape index (κ3) is 3.40. The van der Waals surface area contributed by atoms with Crippen molar-refractivity contribution in [3.8, 4) is 0 Å². The van der Waals surface area contributed by atoms with Gasteiger partial charge in [0.25, 0.3) is 0 Å². The number of carbonyl (C=O) groups is 1. The highest BCUT2D eigenvalue weighted by Gasteiger charge is 2.74. The monoisotopic (exact) mass is 430 g/mol. The van der Waals surface area contributed by atoms with Gasteiger partial charge in [-0.3, -0.25) is 4.79 Å². The number of aliphatic hydroxyl groups excluding tert-OH is 1. The van der Waals surface area contributed by atoms with Crippen LogP contribution in [0.5, 0.6) is 0 Å². The van der Waals surface area contributed by atoms with Crippen LogP contribution in [0.3, 0.4) is 0 Å². The van der Waals surface area contributed by atoms with Crippen LogP contribution in [0.4, 0.5) is 0 Å². The quantitative estimate of drug-likeness (QED) is 0.525. The number of methoxy groups -OCH3 is 1. The van der Waals surface area contributed by atoms with Crippen molar-refractivity contribution in [2.45, 2.75) is 95.1 Å². The number of hydrogen-bond acceptors (Lipinski definition) is 7. The molecule has 1 heterocycles. The summed E-state index contributed by atoms with van der Waals surface area (Å²) in [6, 6.07) is 0. The van der Waals surface area contributed by atoms with E-state index in [1.165, 1.54) is 7.11 Å². The Balaban J connectivity index is 2.17. The van der Waals surface area contributed by atoms with Crippen LogP contribution in [0.15, 0.2) is 0 Å². The maximum atomic E-state index is 13.4. The highest BCUT2D eigenvalue weighted by atomic mass is 28.4. The molecule has 7 nitrogen and oxygen atoms in total. The SMILES string of the molecule is COC(=O)[C@@]12[C@@H](O)CCC3(OCCO3)[C@@H]1[C@](C)(O)CC[C@H]2O[Si](C)(C)C(C)(C)C. The van der Waals surface area contributed by atoms with Gasteiger partial charge in [-0.25, -0.2) is 0 Å². The van der Waals surface area contributed by atoms with Gasteiger partial charge in [0.1, 0.15) is 5.41 Å². The Hall–Kier alpha value is -0.513. The van der Waals surface area contributed by atoms with Crippen molar-refractivity contribution in [3.05, 3.63) is 0 Å². The average Bonchev–Trinajstić information content (AvgIpc) is 3.07. The summed E-state index contributed by atoms with van der Waals surface area (Å²) in [5.41, 5.74) is -2.72. The van der Waals surface area contributed by atoms with Crippen LogP contribution in [-0.2, 0) is 23.4 Å². The zero-order chi connectivity index (χ0) is 21.9. The van der Waals surface area contributed by atoms with Crippen molar-refractivity contribution in [3.63, 3.8) is 0 Å². The number of rotatable bonds is 3. The maximum absolute atomic E-state index is 13.4.